The molecule has 2 aliphatic carbocycles. The van der Waals surface area contributed by atoms with Gasteiger partial charge >= 0.3 is 29.8 Å². The van der Waals surface area contributed by atoms with E-state index < -0.39 is 70.8 Å². The van der Waals surface area contributed by atoms with Crippen molar-refractivity contribution in [2.45, 2.75) is 18.9 Å². The van der Waals surface area contributed by atoms with Crippen LogP contribution in [0.1, 0.15) is 24.5 Å². The maximum atomic E-state index is 14.2. The zero-order valence-corrected chi connectivity index (χ0v) is 27.1. The Kier molecular flexibility index (Phi) is 10.6. The van der Waals surface area contributed by atoms with Gasteiger partial charge in [-0.05, 0) is 53.8 Å². The highest BCUT2D eigenvalue weighted by Crippen LogP contribution is 2.58. The molecular formula is C33H32Cl2O11. The van der Waals surface area contributed by atoms with Crippen molar-refractivity contribution in [1.82, 2.24) is 0 Å². The van der Waals surface area contributed by atoms with Gasteiger partial charge in [0.15, 0.2) is 0 Å². The summed E-state index contributed by atoms with van der Waals surface area (Å²) < 4.78 is 25.9. The predicted octanol–water partition coefficient (Wildman–Crippen LogP) is 4.27. The Hall–Kier alpha value is -4.19. The van der Waals surface area contributed by atoms with E-state index in [0.29, 0.717) is 21.2 Å². The minimum absolute atomic E-state index is 0.0375. The number of ether oxygens (including phenoxy) is 5. The molecule has 13 heteroatoms. The van der Waals surface area contributed by atoms with Crippen LogP contribution in [0.5, 0.6) is 0 Å². The van der Waals surface area contributed by atoms with Crippen LogP contribution < -0.4 is 0 Å². The summed E-state index contributed by atoms with van der Waals surface area (Å²) in [4.78, 5) is 67.8. The third-order valence-corrected chi connectivity index (χ3v) is 8.97. The molecule has 11 nitrogen and oxygen atoms in total. The first kappa shape index (κ1) is 34.7. The van der Waals surface area contributed by atoms with Crippen LogP contribution in [0.3, 0.4) is 0 Å². The molecule has 0 radical (unpaired) electrons. The molecule has 0 spiro atoms. The number of carbonyl (C=O) groups excluding carboxylic acids is 5. The molecule has 0 aromatic heterocycles. The molecule has 244 valence electrons. The Labute approximate surface area is 275 Å². The van der Waals surface area contributed by atoms with E-state index in [1.807, 2.05) is 0 Å². The van der Waals surface area contributed by atoms with Gasteiger partial charge in [-0.15, -0.1) is 0 Å². The van der Waals surface area contributed by atoms with Crippen molar-refractivity contribution < 1.29 is 52.8 Å². The van der Waals surface area contributed by atoms with Gasteiger partial charge in [0.05, 0.1) is 51.4 Å². The predicted molar refractivity (Wildman–Crippen MR) is 165 cm³/mol. The van der Waals surface area contributed by atoms with Crippen molar-refractivity contribution in [2.75, 3.05) is 28.4 Å². The second-order valence-corrected chi connectivity index (χ2v) is 11.8. The van der Waals surface area contributed by atoms with Gasteiger partial charge < -0.3 is 28.8 Å². The SMILES string of the molecule is COC(=O)C1=C(OC(=O)/C(=C/c2ccc(Cl)cc2)c2ccc(Cl)cc2)C(C(=O)OC)C2(O)C(C(=O)OC)C(C)CC1C2C(=O)OC. The van der Waals surface area contributed by atoms with E-state index in [1.54, 1.807) is 55.5 Å². The molecule has 2 aliphatic rings. The summed E-state index contributed by atoms with van der Waals surface area (Å²) in [6.45, 7) is 1.60. The standard InChI is InChI=1S/C33H32Cl2O11/c1-16-14-22-23(29(37)42-2)27(26(32(40)45-5)33(41,24(16)30(38)43-3)25(22)31(39)44-4)46-28(36)21(18-8-12-20(35)13-9-18)15-17-6-10-19(34)11-7-17/h6-13,15-16,22,24-26,41H,14H2,1-5H3/b21-15+. The van der Waals surface area contributed by atoms with Crippen molar-refractivity contribution in [3.63, 3.8) is 0 Å². The molecule has 0 heterocycles. The fourth-order valence-corrected chi connectivity index (χ4v) is 6.78. The average Bonchev–Trinajstić information content (AvgIpc) is 3.03. The van der Waals surface area contributed by atoms with Crippen LogP contribution in [0.15, 0.2) is 59.9 Å². The number of esters is 5. The van der Waals surface area contributed by atoms with Gasteiger partial charge in [-0.2, -0.15) is 0 Å². The van der Waals surface area contributed by atoms with Crippen molar-refractivity contribution >= 4 is 64.7 Å². The molecule has 0 amide bonds. The number of hydrogen-bond acceptors (Lipinski definition) is 11. The highest BCUT2D eigenvalue weighted by Gasteiger charge is 2.71. The first-order chi connectivity index (χ1) is 21.8. The Balaban J connectivity index is 2.01. The van der Waals surface area contributed by atoms with E-state index >= 15 is 0 Å². The minimum atomic E-state index is -2.62. The molecule has 0 saturated heterocycles. The molecule has 1 saturated carbocycles. The van der Waals surface area contributed by atoms with Crippen LogP contribution in [0.25, 0.3) is 11.6 Å². The topological polar surface area (TPSA) is 152 Å². The summed E-state index contributed by atoms with van der Waals surface area (Å²) in [5, 5.41) is 13.4. The first-order valence-corrected chi connectivity index (χ1v) is 14.8. The lowest BCUT2D eigenvalue weighted by molar-refractivity contribution is -0.212. The fourth-order valence-electron chi connectivity index (χ4n) is 6.52. The zero-order chi connectivity index (χ0) is 33.9. The molecule has 6 atom stereocenters. The minimum Gasteiger partial charge on any atom is -0.469 e. The number of fused-ring (bicyclic) bond motifs is 2. The lowest BCUT2D eigenvalue weighted by Gasteiger charge is -2.55. The first-order valence-electron chi connectivity index (χ1n) is 14.1. The molecule has 4 rings (SSSR count). The van der Waals surface area contributed by atoms with Gasteiger partial charge in [0, 0.05) is 16.0 Å². The molecule has 6 unspecified atom stereocenters. The third kappa shape index (κ3) is 6.27. The smallest absolute Gasteiger partial charge is 0.343 e. The third-order valence-electron chi connectivity index (χ3n) is 8.47. The van der Waals surface area contributed by atoms with E-state index in [9.17, 15) is 29.1 Å². The Morgan fingerprint density at radius 2 is 1.30 bits per heavy atom. The number of rotatable bonds is 8. The Bertz CT molecular complexity index is 1600. The Morgan fingerprint density at radius 3 is 1.83 bits per heavy atom. The average molecular weight is 676 g/mol. The number of benzene rings is 2. The Morgan fingerprint density at radius 1 is 0.783 bits per heavy atom. The van der Waals surface area contributed by atoms with E-state index in [2.05, 4.69) is 0 Å². The number of hydrogen-bond donors (Lipinski definition) is 1. The molecule has 2 bridgehead atoms. The highest BCUT2D eigenvalue weighted by atomic mass is 35.5. The lowest BCUT2D eigenvalue weighted by Crippen LogP contribution is -2.68. The van der Waals surface area contributed by atoms with Gasteiger partial charge in [-0.1, -0.05) is 54.4 Å². The van der Waals surface area contributed by atoms with Crippen LogP contribution in [0.2, 0.25) is 10.0 Å². The van der Waals surface area contributed by atoms with Crippen LogP contribution in [-0.2, 0) is 47.7 Å². The summed E-state index contributed by atoms with van der Waals surface area (Å²) in [7, 11) is 4.21. The summed E-state index contributed by atoms with van der Waals surface area (Å²) in [5.74, 6) is -13.0. The molecule has 1 fully saturated rings. The van der Waals surface area contributed by atoms with Crippen molar-refractivity contribution in [1.29, 1.82) is 0 Å². The van der Waals surface area contributed by atoms with E-state index in [0.717, 1.165) is 28.4 Å². The van der Waals surface area contributed by atoms with Crippen molar-refractivity contribution in [3.8, 4) is 0 Å². The van der Waals surface area contributed by atoms with Crippen LogP contribution in [0, 0.1) is 29.6 Å². The van der Waals surface area contributed by atoms with Gasteiger partial charge in [0.2, 0.25) is 0 Å². The van der Waals surface area contributed by atoms with Crippen LogP contribution in [-0.4, -0.2) is 69.0 Å². The van der Waals surface area contributed by atoms with E-state index in [1.165, 1.54) is 6.08 Å². The van der Waals surface area contributed by atoms with Crippen LogP contribution >= 0.6 is 23.2 Å². The monoisotopic (exact) mass is 674 g/mol. The van der Waals surface area contributed by atoms with Crippen molar-refractivity contribution in [2.24, 2.45) is 29.6 Å². The molecular weight excluding hydrogens is 643 g/mol. The maximum Gasteiger partial charge on any atom is 0.343 e. The highest BCUT2D eigenvalue weighted by molar-refractivity contribution is 6.31. The number of aliphatic hydroxyl groups is 1. The second kappa shape index (κ2) is 14.1. The summed E-state index contributed by atoms with van der Waals surface area (Å²) >= 11 is 12.1. The normalized spacial score (nSPS) is 25.7. The van der Waals surface area contributed by atoms with Gasteiger partial charge in [-0.3, -0.25) is 14.4 Å². The largest absolute Gasteiger partial charge is 0.469 e. The van der Waals surface area contributed by atoms with Crippen LogP contribution in [0.4, 0.5) is 0 Å². The molecule has 0 aliphatic heterocycles. The van der Waals surface area contributed by atoms with Gasteiger partial charge in [0.25, 0.3) is 0 Å². The summed E-state index contributed by atoms with van der Waals surface area (Å²) in [6, 6.07) is 12.7. The number of halogens is 2. The van der Waals surface area contributed by atoms with Gasteiger partial charge in [-0.25, -0.2) is 9.59 Å². The molecule has 2 aromatic carbocycles. The number of carbonyl (C=O) groups is 5. The molecule has 1 N–H and O–H groups in total. The summed E-state index contributed by atoms with van der Waals surface area (Å²) in [6.07, 6.45) is 1.44. The quantitative estimate of drug-likeness (QED) is 0.185. The maximum absolute atomic E-state index is 14.2. The summed E-state index contributed by atoms with van der Waals surface area (Å²) in [5.41, 5.74) is -2.12. The van der Waals surface area contributed by atoms with Crippen molar-refractivity contribution in [3.05, 3.63) is 81.0 Å². The fraction of sp³-hybridized carbons (Fsp3) is 0.364. The van der Waals surface area contributed by atoms with E-state index in [4.69, 9.17) is 46.9 Å². The zero-order valence-electron chi connectivity index (χ0n) is 25.6. The number of methoxy groups -OCH3 is 4. The van der Waals surface area contributed by atoms with E-state index in [-0.39, 0.29) is 17.6 Å². The lowest BCUT2D eigenvalue weighted by atomic mass is 9.50. The van der Waals surface area contributed by atoms with Gasteiger partial charge in [0.1, 0.15) is 17.3 Å². The second-order valence-electron chi connectivity index (χ2n) is 10.9. The molecule has 2 aromatic rings. The molecule has 46 heavy (non-hydrogen) atoms.